The molecule has 0 N–H and O–H groups in total. The Morgan fingerprint density at radius 2 is 1.77 bits per heavy atom. The van der Waals surface area contributed by atoms with Gasteiger partial charge in [-0.1, -0.05) is 6.07 Å². The van der Waals surface area contributed by atoms with Gasteiger partial charge in [-0.15, -0.1) is 0 Å². The Kier molecular flexibility index (Phi) is 3.46. The number of hydrogen-bond donors (Lipinski definition) is 0. The van der Waals surface area contributed by atoms with E-state index in [2.05, 4.69) is 0 Å². The van der Waals surface area contributed by atoms with Crippen molar-refractivity contribution in [3.8, 4) is 0 Å². The molecule has 2 aromatic rings. The summed E-state index contributed by atoms with van der Waals surface area (Å²) in [6.45, 7) is 7.65. The van der Waals surface area contributed by atoms with Crippen LogP contribution in [0.15, 0.2) is 36.2 Å². The summed E-state index contributed by atoms with van der Waals surface area (Å²) in [6, 6.07) is 7.85. The summed E-state index contributed by atoms with van der Waals surface area (Å²) in [5.74, 6) is 0. The maximum Gasteiger partial charge on any atom is 0.525 e. The van der Waals surface area contributed by atoms with Gasteiger partial charge in [-0.2, -0.15) is 0 Å². The Balaban J connectivity index is 1.87. The summed E-state index contributed by atoms with van der Waals surface area (Å²) in [5.41, 5.74) is 0.436. The first kappa shape index (κ1) is 15.3. The quantitative estimate of drug-likeness (QED) is 0.779. The first-order chi connectivity index (χ1) is 10.2. The van der Waals surface area contributed by atoms with Crippen LogP contribution in [-0.4, -0.2) is 22.9 Å². The molecule has 0 unspecified atom stereocenters. The van der Waals surface area contributed by atoms with Crippen LogP contribution in [0.2, 0.25) is 0 Å². The Labute approximate surface area is 130 Å². The largest absolute Gasteiger partial charge is 0.525 e. The number of benzene rings is 1. The minimum Gasteiger partial charge on any atom is -0.398 e. The second-order valence-electron chi connectivity index (χ2n) is 6.86. The van der Waals surface area contributed by atoms with E-state index in [-0.39, 0.29) is 0 Å². The second-order valence-corrected chi connectivity index (χ2v) is 6.86. The van der Waals surface area contributed by atoms with Crippen molar-refractivity contribution in [2.24, 2.45) is 7.05 Å². The van der Waals surface area contributed by atoms with Crippen LogP contribution in [0.4, 0.5) is 4.39 Å². The van der Waals surface area contributed by atoms with Gasteiger partial charge in [0, 0.05) is 24.1 Å². The zero-order chi connectivity index (χ0) is 16.1. The molecular formula is C17H21BFNO2. The molecule has 22 heavy (non-hydrogen) atoms. The predicted molar refractivity (Wildman–Crippen MR) is 88.1 cm³/mol. The summed E-state index contributed by atoms with van der Waals surface area (Å²) < 4.78 is 28.0. The molecule has 3 rings (SSSR count). The van der Waals surface area contributed by atoms with Gasteiger partial charge < -0.3 is 13.9 Å². The number of aromatic nitrogens is 1. The molecule has 0 amide bonds. The fourth-order valence-corrected chi connectivity index (χ4v) is 2.57. The minimum atomic E-state index is -0.948. The molecule has 5 heteroatoms. The lowest BCUT2D eigenvalue weighted by molar-refractivity contribution is 0.00578. The van der Waals surface area contributed by atoms with Gasteiger partial charge in [0.25, 0.3) is 0 Å². The number of rotatable bonds is 2. The summed E-state index contributed by atoms with van der Waals surface area (Å²) in [6.07, 6.45) is 3.47. The summed E-state index contributed by atoms with van der Waals surface area (Å²) >= 11 is 0. The molecule has 1 aromatic heterocycles. The number of halogens is 1. The normalized spacial score (nSPS) is 20.8. The van der Waals surface area contributed by atoms with Gasteiger partial charge in [0.1, 0.15) is 5.73 Å². The molecule has 0 radical (unpaired) electrons. The van der Waals surface area contributed by atoms with E-state index in [4.69, 9.17) is 9.31 Å². The first-order valence-corrected chi connectivity index (χ1v) is 7.47. The summed E-state index contributed by atoms with van der Waals surface area (Å²) in [7, 11) is 1.04. The SMILES string of the molecule is Cn1ccc2cc(C=C(F)B3OC(C)(C)C(C)(C)O3)ccc21. The van der Waals surface area contributed by atoms with E-state index in [0.29, 0.717) is 0 Å². The first-order valence-electron chi connectivity index (χ1n) is 7.47. The van der Waals surface area contributed by atoms with E-state index >= 15 is 0 Å². The van der Waals surface area contributed by atoms with Crippen LogP contribution in [0.5, 0.6) is 0 Å². The van der Waals surface area contributed by atoms with Crippen LogP contribution in [0.25, 0.3) is 17.0 Å². The van der Waals surface area contributed by atoms with Crippen molar-refractivity contribution < 1.29 is 13.7 Å². The highest BCUT2D eigenvalue weighted by Gasteiger charge is 2.53. The van der Waals surface area contributed by atoms with Gasteiger partial charge in [0.15, 0.2) is 0 Å². The Morgan fingerprint density at radius 3 is 2.41 bits per heavy atom. The third kappa shape index (κ3) is 2.48. The molecule has 0 saturated carbocycles. The zero-order valence-electron chi connectivity index (χ0n) is 13.7. The molecule has 0 bridgehead atoms. The van der Waals surface area contributed by atoms with Crippen LogP contribution in [0.1, 0.15) is 33.3 Å². The topological polar surface area (TPSA) is 23.4 Å². The number of nitrogens with zero attached hydrogens (tertiary/aromatic N) is 1. The Bertz CT molecular complexity index is 732. The predicted octanol–water partition coefficient (Wildman–Crippen LogP) is 4.12. The van der Waals surface area contributed by atoms with Gasteiger partial charge in [-0.25, -0.2) is 4.39 Å². The standard InChI is InChI=1S/C17H21BFNO2/c1-16(2)17(3,4)22-18(21-16)15(19)11-12-6-7-14-13(10-12)8-9-20(14)5/h6-11H,1-5H3. The summed E-state index contributed by atoms with van der Waals surface area (Å²) in [5, 5.41) is 1.08. The molecule has 1 fully saturated rings. The third-order valence-corrected chi connectivity index (χ3v) is 4.69. The monoisotopic (exact) mass is 301 g/mol. The molecule has 1 aliphatic rings. The van der Waals surface area contributed by atoms with Crippen molar-refractivity contribution in [1.29, 1.82) is 0 Å². The van der Waals surface area contributed by atoms with Crippen LogP contribution < -0.4 is 0 Å². The number of aryl methyl sites for hydroxylation is 1. The molecular weight excluding hydrogens is 280 g/mol. The minimum absolute atomic E-state index is 0.408. The van der Waals surface area contributed by atoms with Crippen molar-refractivity contribution in [1.82, 2.24) is 4.57 Å². The highest BCUT2D eigenvalue weighted by Crippen LogP contribution is 2.39. The van der Waals surface area contributed by atoms with Crippen molar-refractivity contribution in [2.75, 3.05) is 0 Å². The molecule has 3 nitrogen and oxygen atoms in total. The molecule has 1 aliphatic heterocycles. The molecule has 0 atom stereocenters. The Hall–Kier alpha value is -1.59. The Morgan fingerprint density at radius 1 is 1.14 bits per heavy atom. The lowest BCUT2D eigenvalue weighted by Gasteiger charge is -2.32. The highest BCUT2D eigenvalue weighted by atomic mass is 19.1. The molecule has 0 spiro atoms. The van der Waals surface area contributed by atoms with Gasteiger partial charge >= 0.3 is 7.12 Å². The van der Waals surface area contributed by atoms with Crippen molar-refractivity contribution in [2.45, 2.75) is 38.9 Å². The molecule has 1 aromatic carbocycles. The van der Waals surface area contributed by atoms with Crippen molar-refractivity contribution in [3.05, 3.63) is 41.8 Å². The maximum atomic E-state index is 14.5. The highest BCUT2D eigenvalue weighted by molar-refractivity contribution is 6.54. The fourth-order valence-electron chi connectivity index (χ4n) is 2.57. The fraction of sp³-hybridized carbons (Fsp3) is 0.412. The van der Waals surface area contributed by atoms with E-state index < -0.39 is 24.0 Å². The average Bonchev–Trinajstić information content (AvgIpc) is 2.88. The van der Waals surface area contributed by atoms with Crippen molar-refractivity contribution in [3.63, 3.8) is 0 Å². The van der Waals surface area contributed by atoms with Crippen LogP contribution in [-0.2, 0) is 16.4 Å². The zero-order valence-corrected chi connectivity index (χ0v) is 13.7. The maximum absolute atomic E-state index is 14.5. The molecule has 116 valence electrons. The van der Waals surface area contributed by atoms with Gasteiger partial charge in [0.2, 0.25) is 0 Å². The van der Waals surface area contributed by atoms with E-state index in [9.17, 15) is 4.39 Å². The molecule has 1 saturated heterocycles. The number of fused-ring (bicyclic) bond motifs is 1. The second kappa shape index (κ2) is 4.96. The number of hydrogen-bond acceptors (Lipinski definition) is 2. The smallest absolute Gasteiger partial charge is 0.398 e. The van der Waals surface area contributed by atoms with Crippen LogP contribution in [0.3, 0.4) is 0 Å². The molecule has 0 aliphatic carbocycles. The lowest BCUT2D eigenvalue weighted by Crippen LogP contribution is -2.41. The van der Waals surface area contributed by atoms with Gasteiger partial charge in [0.05, 0.1) is 11.2 Å². The van der Waals surface area contributed by atoms with Gasteiger partial charge in [-0.3, -0.25) is 0 Å². The average molecular weight is 301 g/mol. The molecule has 2 heterocycles. The van der Waals surface area contributed by atoms with Crippen LogP contribution >= 0.6 is 0 Å². The third-order valence-electron chi connectivity index (χ3n) is 4.69. The van der Waals surface area contributed by atoms with Crippen molar-refractivity contribution >= 4 is 24.1 Å². The van der Waals surface area contributed by atoms with Crippen LogP contribution in [0, 0.1) is 0 Å². The van der Waals surface area contributed by atoms with E-state index in [1.807, 2.05) is 69.8 Å². The van der Waals surface area contributed by atoms with E-state index in [0.717, 1.165) is 16.5 Å². The lowest BCUT2D eigenvalue weighted by atomic mass is 9.87. The van der Waals surface area contributed by atoms with Gasteiger partial charge in [-0.05, 0) is 57.5 Å². The van der Waals surface area contributed by atoms with E-state index in [1.165, 1.54) is 6.08 Å². The summed E-state index contributed by atoms with van der Waals surface area (Å²) in [4.78, 5) is 0. The van der Waals surface area contributed by atoms with E-state index in [1.54, 1.807) is 0 Å².